The second kappa shape index (κ2) is 7.61. The topological polar surface area (TPSA) is 61.8 Å². The molecule has 0 saturated carbocycles. The van der Waals surface area contributed by atoms with Crippen LogP contribution in [0.15, 0.2) is 23.2 Å². The lowest BCUT2D eigenvalue weighted by Gasteiger charge is -2.22. The highest BCUT2D eigenvalue weighted by molar-refractivity contribution is 7.90. The van der Waals surface area contributed by atoms with Gasteiger partial charge >= 0.3 is 0 Å². The van der Waals surface area contributed by atoms with Crippen LogP contribution in [0.25, 0.3) is 0 Å². The molecule has 8 heteroatoms. The van der Waals surface area contributed by atoms with E-state index in [0.29, 0.717) is 16.5 Å². The van der Waals surface area contributed by atoms with Crippen molar-refractivity contribution < 1.29 is 12.8 Å². The van der Waals surface area contributed by atoms with Gasteiger partial charge in [-0.25, -0.2) is 12.8 Å². The Morgan fingerprint density at radius 3 is 2.67 bits per heavy atom. The smallest absolute Gasteiger partial charge is 0.193 e. The maximum atomic E-state index is 13.7. The predicted octanol–water partition coefficient (Wildman–Crippen LogP) is 1.53. The fourth-order valence-electron chi connectivity index (χ4n) is 1.73. The third-order valence-corrected chi connectivity index (χ3v) is 4.09. The highest BCUT2D eigenvalue weighted by Gasteiger charge is 2.13. The molecule has 0 saturated heterocycles. The van der Waals surface area contributed by atoms with Crippen molar-refractivity contribution in [2.45, 2.75) is 6.54 Å². The third kappa shape index (κ3) is 5.89. The van der Waals surface area contributed by atoms with E-state index in [-0.39, 0.29) is 24.7 Å². The van der Waals surface area contributed by atoms with Crippen LogP contribution in [0.5, 0.6) is 0 Å². The Morgan fingerprint density at radius 1 is 1.48 bits per heavy atom. The molecule has 0 aliphatic rings. The van der Waals surface area contributed by atoms with Gasteiger partial charge in [0.25, 0.3) is 0 Å². The molecule has 1 aromatic rings. The molecule has 0 heterocycles. The molecule has 118 valence electrons. The number of guanidine groups is 1. The first kappa shape index (κ1) is 17.7. The molecule has 0 spiro atoms. The maximum absolute atomic E-state index is 13.7. The zero-order valence-corrected chi connectivity index (χ0v) is 13.8. The van der Waals surface area contributed by atoms with Gasteiger partial charge in [0.1, 0.15) is 15.7 Å². The normalized spacial score (nSPS) is 12.3. The van der Waals surface area contributed by atoms with E-state index >= 15 is 0 Å². The Balaban J connectivity index is 2.70. The van der Waals surface area contributed by atoms with Gasteiger partial charge < -0.3 is 10.2 Å². The summed E-state index contributed by atoms with van der Waals surface area (Å²) < 4.78 is 35.9. The number of nitrogens with one attached hydrogen (secondary N) is 1. The van der Waals surface area contributed by atoms with Crippen molar-refractivity contribution in [3.63, 3.8) is 0 Å². The molecule has 0 atom stereocenters. The summed E-state index contributed by atoms with van der Waals surface area (Å²) in [7, 11) is 0.249. The van der Waals surface area contributed by atoms with Crippen LogP contribution in [0.2, 0.25) is 5.02 Å². The van der Waals surface area contributed by atoms with Crippen LogP contribution in [-0.4, -0.2) is 51.9 Å². The Morgan fingerprint density at radius 2 is 2.14 bits per heavy atom. The van der Waals surface area contributed by atoms with Crippen LogP contribution in [0.4, 0.5) is 4.39 Å². The monoisotopic (exact) mass is 335 g/mol. The van der Waals surface area contributed by atoms with Gasteiger partial charge in [0, 0.05) is 44.0 Å². The van der Waals surface area contributed by atoms with E-state index in [2.05, 4.69) is 10.3 Å². The zero-order chi connectivity index (χ0) is 16.0. The van der Waals surface area contributed by atoms with E-state index in [0.717, 1.165) is 0 Å². The number of rotatable bonds is 5. The second-order valence-corrected chi connectivity index (χ2v) is 7.33. The average molecular weight is 336 g/mol. The van der Waals surface area contributed by atoms with E-state index < -0.39 is 9.84 Å². The van der Waals surface area contributed by atoms with Crippen molar-refractivity contribution in [3.8, 4) is 0 Å². The lowest BCUT2D eigenvalue weighted by atomic mass is 10.2. The standard InChI is InChI=1S/C13H19ClFN3O2S/c1-16-13(17-7-8-21(3,19)20)18(2)9-10-11(14)5-4-6-12(10)15/h4-6H,7-9H2,1-3H3,(H,16,17). The van der Waals surface area contributed by atoms with Crippen LogP contribution in [0, 0.1) is 5.82 Å². The molecule has 1 rings (SSSR count). The first-order chi connectivity index (χ1) is 9.74. The molecule has 1 aromatic carbocycles. The Labute approximate surface area is 129 Å². The zero-order valence-electron chi connectivity index (χ0n) is 12.2. The van der Waals surface area contributed by atoms with Gasteiger partial charge in [-0.05, 0) is 12.1 Å². The molecule has 0 aliphatic heterocycles. The average Bonchev–Trinajstić information content (AvgIpc) is 2.37. The molecular formula is C13H19ClFN3O2S. The minimum absolute atomic E-state index is 0.000312. The number of halogens is 2. The number of aliphatic imine (C=N–C) groups is 1. The van der Waals surface area contributed by atoms with E-state index in [1.165, 1.54) is 12.3 Å². The second-order valence-electron chi connectivity index (χ2n) is 4.66. The summed E-state index contributed by atoms with van der Waals surface area (Å²) in [5.74, 6) is 0.0826. The lowest BCUT2D eigenvalue weighted by Crippen LogP contribution is -2.40. The van der Waals surface area contributed by atoms with Crippen LogP contribution in [0.1, 0.15) is 5.56 Å². The van der Waals surface area contributed by atoms with Gasteiger partial charge in [-0.3, -0.25) is 4.99 Å². The third-order valence-electron chi connectivity index (χ3n) is 2.79. The van der Waals surface area contributed by atoms with Crippen molar-refractivity contribution in [2.75, 3.05) is 32.6 Å². The number of nitrogens with zero attached hydrogens (tertiary/aromatic N) is 2. The van der Waals surface area contributed by atoms with Gasteiger partial charge in [0.2, 0.25) is 0 Å². The van der Waals surface area contributed by atoms with Gasteiger partial charge in [0.05, 0.1) is 5.75 Å². The van der Waals surface area contributed by atoms with Gasteiger partial charge in [-0.15, -0.1) is 0 Å². The van der Waals surface area contributed by atoms with E-state index in [1.54, 1.807) is 31.1 Å². The fraction of sp³-hybridized carbons (Fsp3) is 0.462. The summed E-state index contributed by atoms with van der Waals surface area (Å²) in [5.41, 5.74) is 0.368. The first-order valence-corrected chi connectivity index (χ1v) is 8.71. The molecule has 5 nitrogen and oxygen atoms in total. The summed E-state index contributed by atoms with van der Waals surface area (Å²) in [5, 5.41) is 3.26. The largest absolute Gasteiger partial charge is 0.355 e. The lowest BCUT2D eigenvalue weighted by molar-refractivity contribution is 0.462. The SMILES string of the molecule is CN=C(NCCS(C)(=O)=O)N(C)Cc1c(F)cccc1Cl. The molecular weight excluding hydrogens is 317 g/mol. The molecule has 0 fully saturated rings. The van der Waals surface area contributed by atoms with Crippen molar-refractivity contribution >= 4 is 27.4 Å². The number of sulfone groups is 1. The summed E-state index contributed by atoms with van der Waals surface area (Å²) in [6.45, 7) is 0.463. The van der Waals surface area contributed by atoms with Crippen molar-refractivity contribution in [1.82, 2.24) is 10.2 Å². The van der Waals surface area contributed by atoms with E-state index in [9.17, 15) is 12.8 Å². The number of benzene rings is 1. The van der Waals surface area contributed by atoms with Crippen molar-refractivity contribution in [3.05, 3.63) is 34.6 Å². The summed E-state index contributed by atoms with van der Waals surface area (Å²) >= 11 is 5.98. The predicted molar refractivity (Wildman–Crippen MR) is 83.9 cm³/mol. The van der Waals surface area contributed by atoms with Crippen LogP contribution >= 0.6 is 11.6 Å². The molecule has 0 radical (unpaired) electrons. The van der Waals surface area contributed by atoms with E-state index in [4.69, 9.17) is 11.6 Å². The Kier molecular flexibility index (Phi) is 6.42. The first-order valence-electron chi connectivity index (χ1n) is 6.27. The molecule has 21 heavy (non-hydrogen) atoms. The van der Waals surface area contributed by atoms with Gasteiger partial charge in [-0.2, -0.15) is 0 Å². The van der Waals surface area contributed by atoms with Crippen LogP contribution in [-0.2, 0) is 16.4 Å². The van der Waals surface area contributed by atoms with Gasteiger partial charge in [-0.1, -0.05) is 17.7 Å². The molecule has 1 N–H and O–H groups in total. The minimum atomic E-state index is -3.04. The molecule has 0 unspecified atom stereocenters. The molecule has 0 aromatic heterocycles. The van der Waals surface area contributed by atoms with E-state index in [1.807, 2.05) is 0 Å². The fourth-order valence-corrected chi connectivity index (χ4v) is 2.42. The number of hydrogen-bond donors (Lipinski definition) is 1. The highest BCUT2D eigenvalue weighted by atomic mass is 35.5. The molecule has 0 bridgehead atoms. The summed E-state index contributed by atoms with van der Waals surface area (Å²) in [6.07, 6.45) is 1.17. The van der Waals surface area contributed by atoms with Crippen LogP contribution < -0.4 is 5.32 Å². The highest BCUT2D eigenvalue weighted by Crippen LogP contribution is 2.20. The molecule has 0 amide bonds. The maximum Gasteiger partial charge on any atom is 0.193 e. The summed E-state index contributed by atoms with van der Waals surface area (Å²) in [4.78, 5) is 5.71. The number of hydrogen-bond acceptors (Lipinski definition) is 3. The minimum Gasteiger partial charge on any atom is -0.355 e. The molecule has 0 aliphatic carbocycles. The Hall–Kier alpha value is -1.34. The van der Waals surface area contributed by atoms with Gasteiger partial charge in [0.15, 0.2) is 5.96 Å². The summed E-state index contributed by atoms with van der Waals surface area (Å²) in [6, 6.07) is 4.50. The van der Waals surface area contributed by atoms with Crippen molar-refractivity contribution in [2.24, 2.45) is 4.99 Å². The van der Waals surface area contributed by atoms with Crippen LogP contribution in [0.3, 0.4) is 0 Å². The quantitative estimate of drug-likeness (QED) is 0.655. The van der Waals surface area contributed by atoms with Crippen molar-refractivity contribution in [1.29, 1.82) is 0 Å². The Bertz CT molecular complexity index is 600.